The molecule has 0 heterocycles. The molecule has 0 N–H and O–H groups in total. The van der Waals surface area contributed by atoms with Gasteiger partial charge in [-0.25, -0.2) is 0 Å². The van der Waals surface area contributed by atoms with Gasteiger partial charge in [-0.3, -0.25) is 4.79 Å². The van der Waals surface area contributed by atoms with Gasteiger partial charge in [0.2, 0.25) is 0 Å². The summed E-state index contributed by atoms with van der Waals surface area (Å²) in [5.41, 5.74) is -0.520. The van der Waals surface area contributed by atoms with Crippen LogP contribution in [0.2, 0.25) is 5.02 Å². The van der Waals surface area contributed by atoms with Gasteiger partial charge in [0.15, 0.2) is 0 Å². The topological polar surface area (TPSA) is 26.3 Å². The second-order valence-electron chi connectivity index (χ2n) is 3.29. The summed E-state index contributed by atoms with van der Waals surface area (Å²) in [6.45, 7) is 1.88. The number of esters is 1. The maximum absolute atomic E-state index is 12.4. The second-order valence-corrected chi connectivity index (χ2v) is 3.70. The molecule has 0 aliphatic rings. The first-order valence-corrected chi connectivity index (χ1v) is 5.23. The van der Waals surface area contributed by atoms with E-state index >= 15 is 0 Å². The van der Waals surface area contributed by atoms with Gasteiger partial charge in [-0.1, -0.05) is 17.7 Å². The Morgan fingerprint density at radius 1 is 1.41 bits per heavy atom. The summed E-state index contributed by atoms with van der Waals surface area (Å²) in [6.07, 6.45) is -4.58. The van der Waals surface area contributed by atoms with Crippen molar-refractivity contribution in [1.82, 2.24) is 0 Å². The number of halogens is 4. The molecule has 0 fully saturated rings. The first kappa shape index (κ1) is 13.8. The molecule has 1 aromatic rings. The minimum atomic E-state index is -4.49. The summed E-state index contributed by atoms with van der Waals surface area (Å²) in [4.78, 5) is 11.1. The van der Waals surface area contributed by atoms with Crippen molar-refractivity contribution in [2.75, 3.05) is 6.61 Å². The van der Waals surface area contributed by atoms with Crippen molar-refractivity contribution in [1.29, 1.82) is 0 Å². The lowest BCUT2D eigenvalue weighted by atomic mass is 10.1. The Labute approximate surface area is 101 Å². The van der Waals surface area contributed by atoms with Crippen LogP contribution in [0.15, 0.2) is 18.2 Å². The maximum Gasteiger partial charge on any atom is 0.417 e. The van der Waals surface area contributed by atoms with Gasteiger partial charge < -0.3 is 4.74 Å². The van der Waals surface area contributed by atoms with Crippen molar-refractivity contribution in [3.05, 3.63) is 34.3 Å². The number of hydrogen-bond donors (Lipinski definition) is 0. The van der Waals surface area contributed by atoms with Gasteiger partial charge in [-0.05, 0) is 24.6 Å². The number of carbonyl (C=O) groups excluding carboxylic acids is 1. The zero-order valence-electron chi connectivity index (χ0n) is 8.97. The molecule has 0 bridgehead atoms. The second kappa shape index (κ2) is 5.40. The quantitative estimate of drug-likeness (QED) is 0.783. The maximum atomic E-state index is 12.4. The lowest BCUT2D eigenvalue weighted by Gasteiger charge is -2.10. The van der Waals surface area contributed by atoms with Crippen molar-refractivity contribution >= 4 is 17.6 Å². The highest BCUT2D eigenvalue weighted by atomic mass is 35.5. The highest BCUT2D eigenvalue weighted by Crippen LogP contribution is 2.34. The molecule has 0 spiro atoms. The molecule has 1 rings (SSSR count). The molecule has 0 saturated heterocycles. The van der Waals surface area contributed by atoms with Crippen LogP contribution in [0.5, 0.6) is 0 Å². The lowest BCUT2D eigenvalue weighted by Crippen LogP contribution is -2.09. The highest BCUT2D eigenvalue weighted by Gasteiger charge is 2.33. The first-order chi connectivity index (χ1) is 7.84. The van der Waals surface area contributed by atoms with E-state index in [4.69, 9.17) is 11.6 Å². The minimum Gasteiger partial charge on any atom is -0.466 e. The van der Waals surface area contributed by atoms with Crippen LogP contribution in [-0.2, 0) is 22.1 Å². The molecule has 17 heavy (non-hydrogen) atoms. The number of carbonyl (C=O) groups is 1. The molecule has 2 nitrogen and oxygen atoms in total. The van der Waals surface area contributed by atoms with E-state index in [2.05, 4.69) is 4.74 Å². The molecule has 0 amide bonds. The number of hydrogen-bond acceptors (Lipinski definition) is 2. The summed E-state index contributed by atoms with van der Waals surface area (Å²) in [5.74, 6) is -0.497. The average Bonchev–Trinajstić information content (AvgIpc) is 2.15. The Balaban J connectivity index is 2.86. The Hall–Kier alpha value is -1.23. The molecule has 0 unspecified atom stereocenters. The Kier molecular flexibility index (Phi) is 4.40. The van der Waals surface area contributed by atoms with Gasteiger partial charge in [0, 0.05) is 0 Å². The van der Waals surface area contributed by atoms with Crippen LogP contribution >= 0.6 is 11.6 Å². The number of ether oxygens (including phenoxy) is 1. The summed E-state index contributed by atoms with van der Waals surface area (Å²) < 4.78 is 41.8. The van der Waals surface area contributed by atoms with E-state index in [1.165, 1.54) is 6.07 Å². The third-order valence-electron chi connectivity index (χ3n) is 1.99. The summed E-state index contributed by atoms with van der Waals surface area (Å²) >= 11 is 5.50. The molecule has 1 aromatic carbocycles. The molecule has 0 aromatic heterocycles. The predicted molar refractivity (Wildman–Crippen MR) is 56.8 cm³/mol. The van der Waals surface area contributed by atoms with Crippen LogP contribution in [-0.4, -0.2) is 12.6 Å². The van der Waals surface area contributed by atoms with Crippen LogP contribution in [0.1, 0.15) is 18.1 Å². The Bertz CT molecular complexity index is 416. The van der Waals surface area contributed by atoms with Crippen LogP contribution in [0.3, 0.4) is 0 Å². The van der Waals surface area contributed by atoms with Gasteiger partial charge in [0.05, 0.1) is 23.6 Å². The van der Waals surface area contributed by atoms with E-state index in [0.717, 1.165) is 12.1 Å². The van der Waals surface area contributed by atoms with E-state index in [0.29, 0.717) is 5.56 Å². The summed E-state index contributed by atoms with van der Waals surface area (Å²) in [6, 6.07) is 3.20. The third kappa shape index (κ3) is 3.93. The van der Waals surface area contributed by atoms with Crippen molar-refractivity contribution in [3.8, 4) is 0 Å². The fraction of sp³-hybridized carbons (Fsp3) is 0.364. The van der Waals surface area contributed by atoms with Crippen LogP contribution < -0.4 is 0 Å². The first-order valence-electron chi connectivity index (χ1n) is 4.86. The number of benzene rings is 1. The van der Waals surface area contributed by atoms with Crippen molar-refractivity contribution in [2.45, 2.75) is 19.5 Å². The largest absolute Gasteiger partial charge is 0.466 e. The Morgan fingerprint density at radius 3 is 2.53 bits per heavy atom. The van der Waals surface area contributed by atoms with Crippen LogP contribution in [0.25, 0.3) is 0 Å². The zero-order valence-corrected chi connectivity index (χ0v) is 9.73. The number of alkyl halides is 3. The normalized spacial score (nSPS) is 11.4. The fourth-order valence-corrected chi connectivity index (χ4v) is 1.59. The molecule has 0 saturated carbocycles. The predicted octanol–water partition coefficient (Wildman–Crippen LogP) is 3.46. The van der Waals surface area contributed by atoms with E-state index in [1.54, 1.807) is 6.92 Å². The van der Waals surface area contributed by atoms with Gasteiger partial charge >= 0.3 is 12.1 Å². The van der Waals surface area contributed by atoms with Crippen molar-refractivity contribution in [3.63, 3.8) is 0 Å². The van der Waals surface area contributed by atoms with E-state index in [1.807, 2.05) is 0 Å². The molecule has 0 atom stereocenters. The minimum absolute atomic E-state index is 0.0916. The SMILES string of the molecule is CCOC(=O)Cc1ccc(C(F)(F)F)c(Cl)c1. The Morgan fingerprint density at radius 2 is 2.06 bits per heavy atom. The molecule has 6 heteroatoms. The van der Waals surface area contributed by atoms with Gasteiger partial charge in [-0.2, -0.15) is 13.2 Å². The molecule has 0 aliphatic heterocycles. The van der Waals surface area contributed by atoms with Gasteiger partial charge in [0.25, 0.3) is 0 Å². The van der Waals surface area contributed by atoms with Crippen LogP contribution in [0, 0.1) is 0 Å². The standard InChI is InChI=1S/C11H10ClF3O2/c1-2-17-10(16)6-7-3-4-8(9(12)5-7)11(13,14)15/h3-5H,2,6H2,1H3. The molecular weight excluding hydrogens is 257 g/mol. The third-order valence-corrected chi connectivity index (χ3v) is 2.31. The smallest absolute Gasteiger partial charge is 0.417 e. The lowest BCUT2D eigenvalue weighted by molar-refractivity contribution is -0.142. The zero-order chi connectivity index (χ0) is 13.1. The summed E-state index contributed by atoms with van der Waals surface area (Å²) in [5, 5.41) is -0.417. The molecular formula is C11H10ClF3O2. The average molecular weight is 267 g/mol. The van der Waals surface area contributed by atoms with Crippen LogP contribution in [0.4, 0.5) is 13.2 Å². The molecule has 0 radical (unpaired) electrons. The highest BCUT2D eigenvalue weighted by molar-refractivity contribution is 6.31. The monoisotopic (exact) mass is 266 g/mol. The van der Waals surface area contributed by atoms with E-state index < -0.39 is 22.7 Å². The number of rotatable bonds is 3. The van der Waals surface area contributed by atoms with Crippen molar-refractivity contribution in [2.24, 2.45) is 0 Å². The molecule has 0 aliphatic carbocycles. The van der Waals surface area contributed by atoms with E-state index in [9.17, 15) is 18.0 Å². The van der Waals surface area contributed by atoms with Gasteiger partial charge in [0.1, 0.15) is 0 Å². The summed E-state index contributed by atoms with van der Waals surface area (Å²) in [7, 11) is 0. The molecule has 94 valence electrons. The fourth-order valence-electron chi connectivity index (χ4n) is 1.28. The van der Waals surface area contributed by atoms with Crippen molar-refractivity contribution < 1.29 is 22.7 Å². The van der Waals surface area contributed by atoms with Gasteiger partial charge in [-0.15, -0.1) is 0 Å². The van der Waals surface area contributed by atoms with E-state index in [-0.39, 0.29) is 13.0 Å².